The van der Waals surface area contributed by atoms with Crippen LogP contribution in [0.3, 0.4) is 0 Å². The molecule has 0 heterocycles. The van der Waals surface area contributed by atoms with Crippen LogP contribution in [0.1, 0.15) is 46.0 Å². The Bertz CT molecular complexity index is 264. The van der Waals surface area contributed by atoms with Gasteiger partial charge in [-0.15, -0.1) is 0 Å². The van der Waals surface area contributed by atoms with Crippen molar-refractivity contribution in [1.82, 2.24) is 0 Å². The molecule has 17 heavy (non-hydrogen) atoms. The van der Waals surface area contributed by atoms with Gasteiger partial charge < -0.3 is 15.2 Å². The Morgan fingerprint density at radius 3 is 2.65 bits per heavy atom. The van der Waals surface area contributed by atoms with Crippen LogP contribution in [0.2, 0.25) is 0 Å². The first-order valence-corrected chi connectivity index (χ1v) is 5.66. The summed E-state index contributed by atoms with van der Waals surface area (Å²) in [6.45, 7) is 3.74. The van der Waals surface area contributed by atoms with E-state index in [2.05, 4.69) is 11.9 Å². The van der Waals surface area contributed by atoms with Crippen LogP contribution in [0.5, 0.6) is 0 Å². The number of carboxylic acid groups (broad SMARTS) is 1. The van der Waals surface area contributed by atoms with Gasteiger partial charge in [-0.25, -0.2) is 0 Å². The number of hydrogen-bond donors (Lipinski definition) is 1. The molecule has 0 aliphatic heterocycles. The molecule has 0 saturated carbocycles. The van der Waals surface area contributed by atoms with Crippen LogP contribution < -0.4 is 56.5 Å². The predicted molar refractivity (Wildman–Crippen MR) is 62.4 cm³/mol. The summed E-state index contributed by atoms with van der Waals surface area (Å²) in [5.41, 5.74) is 0. The van der Waals surface area contributed by atoms with E-state index >= 15 is 0 Å². The fourth-order valence-electron chi connectivity index (χ4n) is 1.22. The van der Waals surface area contributed by atoms with Gasteiger partial charge in [0.2, 0.25) is 0 Å². The zero-order chi connectivity index (χ0) is 12.4. The predicted octanol–water partition coefficient (Wildman–Crippen LogP) is -1.25. The summed E-state index contributed by atoms with van der Waals surface area (Å²) in [6.07, 6.45) is 7.19. The Balaban J connectivity index is 0. The maximum absolute atomic E-state index is 11.3. The maximum Gasteiger partial charge on any atom is 1.00 e. The molecule has 0 spiro atoms. The van der Waals surface area contributed by atoms with Gasteiger partial charge in [0.05, 0.1) is 12.5 Å². The fraction of sp³-hybridized carbons (Fsp3) is 0.667. The minimum Gasteiger partial charge on any atom is -0.862 e. The molecule has 0 aromatic carbocycles. The molecule has 0 saturated heterocycles. The number of aliphatic carboxylic acids is 1. The number of rotatable bonds is 8. The second kappa shape index (κ2) is 12.8. The number of hydrogen-bond acceptors (Lipinski definition) is 3. The van der Waals surface area contributed by atoms with Gasteiger partial charge in [0.25, 0.3) is 0 Å². The molecule has 1 N–H and O–H groups in total. The molecule has 92 valence electrons. The standard InChI is InChI=1S/C12H21NO3.K/c1-3-4-5-6-7-8-11(14)13-10(2)9-12(15)16;/h6-7,10H,3-5,8-9H2,1-2H3,(H,13,14)(H,15,16);/q;+1/p-1/b7-6+;. The Morgan fingerprint density at radius 1 is 1.47 bits per heavy atom. The quantitative estimate of drug-likeness (QED) is 0.196. The van der Waals surface area contributed by atoms with Crippen molar-refractivity contribution in [1.29, 1.82) is 0 Å². The van der Waals surface area contributed by atoms with Gasteiger partial charge in [-0.2, -0.15) is 0 Å². The zero-order valence-corrected chi connectivity index (χ0v) is 14.1. The molecule has 0 rings (SSSR count). The van der Waals surface area contributed by atoms with E-state index in [1.165, 1.54) is 0 Å². The zero-order valence-electron chi connectivity index (χ0n) is 11.0. The van der Waals surface area contributed by atoms with Crippen LogP contribution in [0.25, 0.3) is 0 Å². The molecule has 1 atom stereocenters. The van der Waals surface area contributed by atoms with Gasteiger partial charge in [0.15, 0.2) is 0 Å². The molecule has 4 nitrogen and oxygen atoms in total. The normalized spacial score (nSPS) is 13.4. The van der Waals surface area contributed by atoms with Crippen molar-refractivity contribution in [3.8, 4) is 0 Å². The van der Waals surface area contributed by atoms with E-state index in [9.17, 15) is 9.90 Å². The third kappa shape index (κ3) is 14.3. The number of carbonyl (C=O) groups is 1. The third-order valence-corrected chi connectivity index (χ3v) is 2.02. The summed E-state index contributed by atoms with van der Waals surface area (Å²) < 4.78 is 0. The second-order valence-electron chi connectivity index (χ2n) is 3.79. The molecular formula is C12H20KNO3. The summed E-state index contributed by atoms with van der Waals surface area (Å²) in [7, 11) is 0. The average Bonchev–Trinajstić information content (AvgIpc) is 2.15. The molecular weight excluding hydrogens is 245 g/mol. The Morgan fingerprint density at radius 2 is 2.12 bits per heavy atom. The van der Waals surface area contributed by atoms with E-state index < -0.39 is 12.0 Å². The minimum absolute atomic E-state index is 0. The molecule has 5 heteroatoms. The Labute approximate surface area is 146 Å². The van der Waals surface area contributed by atoms with E-state index in [1.807, 2.05) is 6.08 Å². The largest absolute Gasteiger partial charge is 1.00 e. The van der Waals surface area contributed by atoms with Crippen LogP contribution in [-0.4, -0.2) is 23.0 Å². The summed E-state index contributed by atoms with van der Waals surface area (Å²) in [5.74, 6) is -1.18. The van der Waals surface area contributed by atoms with Gasteiger partial charge in [0, 0.05) is 0 Å². The summed E-state index contributed by atoms with van der Waals surface area (Å²) in [5, 5.41) is 19.7. The van der Waals surface area contributed by atoms with Crippen molar-refractivity contribution in [3.63, 3.8) is 0 Å². The first kappa shape index (κ1) is 19.7. The van der Waals surface area contributed by atoms with Crippen molar-refractivity contribution in [3.05, 3.63) is 12.2 Å². The number of allylic oxidation sites excluding steroid dienone is 1. The smallest absolute Gasteiger partial charge is 0.862 e. The van der Waals surface area contributed by atoms with E-state index in [-0.39, 0.29) is 70.1 Å². The molecule has 0 fully saturated rings. The van der Waals surface area contributed by atoms with Crippen LogP contribution >= 0.6 is 0 Å². The van der Waals surface area contributed by atoms with E-state index in [0.29, 0.717) is 0 Å². The summed E-state index contributed by atoms with van der Waals surface area (Å²) in [4.78, 5) is 14.1. The van der Waals surface area contributed by atoms with Crippen LogP contribution in [-0.2, 0) is 4.79 Å². The third-order valence-electron chi connectivity index (χ3n) is 2.02. The van der Waals surface area contributed by atoms with Crippen LogP contribution in [0.4, 0.5) is 0 Å². The minimum atomic E-state index is -0.928. The average molecular weight is 265 g/mol. The van der Waals surface area contributed by atoms with Crippen molar-refractivity contribution >= 4 is 11.9 Å². The Kier molecular flexibility index (Phi) is 14.8. The molecule has 0 aliphatic carbocycles. The fourth-order valence-corrected chi connectivity index (χ4v) is 1.22. The molecule has 0 bridgehead atoms. The second-order valence-corrected chi connectivity index (χ2v) is 3.79. The first-order valence-electron chi connectivity index (χ1n) is 5.66. The van der Waals surface area contributed by atoms with Crippen molar-refractivity contribution in [2.45, 2.75) is 52.0 Å². The first-order chi connectivity index (χ1) is 7.56. The van der Waals surface area contributed by atoms with Gasteiger partial charge in [0.1, 0.15) is 0 Å². The molecule has 0 aromatic heterocycles. The number of carboxylic acids is 1. The molecule has 0 aromatic rings. The maximum atomic E-state index is 11.3. The number of nitrogens with zero attached hydrogens (tertiary/aromatic N) is 1. The molecule has 0 amide bonds. The van der Waals surface area contributed by atoms with Crippen LogP contribution in [0.15, 0.2) is 17.1 Å². The molecule has 0 radical (unpaired) electrons. The van der Waals surface area contributed by atoms with Gasteiger partial charge >= 0.3 is 57.4 Å². The van der Waals surface area contributed by atoms with Gasteiger partial charge in [-0.1, -0.05) is 31.9 Å². The van der Waals surface area contributed by atoms with Gasteiger partial charge in [-0.3, -0.25) is 4.79 Å². The van der Waals surface area contributed by atoms with Crippen molar-refractivity contribution < 1.29 is 66.4 Å². The van der Waals surface area contributed by atoms with E-state index in [0.717, 1.165) is 19.3 Å². The van der Waals surface area contributed by atoms with Crippen molar-refractivity contribution in [2.24, 2.45) is 4.99 Å². The van der Waals surface area contributed by atoms with Crippen LogP contribution in [0, 0.1) is 0 Å². The monoisotopic (exact) mass is 265 g/mol. The van der Waals surface area contributed by atoms with Crippen molar-refractivity contribution in [2.75, 3.05) is 0 Å². The van der Waals surface area contributed by atoms with Gasteiger partial charge in [-0.05, 0) is 25.7 Å². The topological polar surface area (TPSA) is 72.7 Å². The molecule has 0 aliphatic rings. The number of aliphatic imine (C=N–C) groups is 1. The summed E-state index contributed by atoms with van der Waals surface area (Å²) >= 11 is 0. The summed E-state index contributed by atoms with van der Waals surface area (Å²) in [6, 6.07) is -0.436. The number of unbranched alkanes of at least 4 members (excludes halogenated alkanes) is 2. The Hall–Kier alpha value is 0.316. The molecule has 1 unspecified atom stereocenters. The van der Waals surface area contributed by atoms with E-state index in [4.69, 9.17) is 5.11 Å². The van der Waals surface area contributed by atoms with E-state index in [1.54, 1.807) is 13.0 Å². The SMILES string of the molecule is CCCC/C=C/CC([O-])=NC(C)CC(=O)O.[K+].